The Morgan fingerprint density at radius 3 is 2.60 bits per heavy atom. The van der Waals surface area contributed by atoms with Crippen LogP contribution in [0, 0.1) is 0 Å². The third-order valence-corrected chi connectivity index (χ3v) is 5.02. The number of amides is 1. The molecule has 0 saturated carbocycles. The summed E-state index contributed by atoms with van der Waals surface area (Å²) in [5.74, 6) is 0.954. The first kappa shape index (κ1) is 18.2. The van der Waals surface area contributed by atoms with E-state index in [0.29, 0.717) is 22.1 Å². The van der Waals surface area contributed by atoms with Crippen LogP contribution in [0.5, 0.6) is 0 Å². The maximum absolute atomic E-state index is 12.4. The number of hydrogen-bond donors (Lipinski definition) is 1. The fourth-order valence-electron chi connectivity index (χ4n) is 3.31. The molecule has 1 amide bonds. The van der Waals surface area contributed by atoms with Crippen molar-refractivity contribution in [1.29, 1.82) is 0 Å². The number of benzene rings is 3. The maximum Gasteiger partial charge on any atom is 0.307 e. The van der Waals surface area contributed by atoms with E-state index in [9.17, 15) is 4.79 Å². The molecule has 0 spiro atoms. The van der Waals surface area contributed by atoms with Crippen molar-refractivity contribution in [2.45, 2.75) is 0 Å². The van der Waals surface area contributed by atoms with E-state index in [0.717, 1.165) is 21.7 Å². The fourth-order valence-corrected chi connectivity index (χ4v) is 3.43. The lowest BCUT2D eigenvalue weighted by Crippen LogP contribution is -2.16. The third kappa shape index (κ3) is 3.47. The Morgan fingerprint density at radius 2 is 1.73 bits per heavy atom. The number of hydrazone groups is 1. The fraction of sp³-hybridized carbons (Fsp3) is 0. The number of hydrogen-bond acceptors (Lipinski definition) is 4. The molecule has 30 heavy (non-hydrogen) atoms. The van der Waals surface area contributed by atoms with Crippen molar-refractivity contribution in [2.75, 3.05) is 0 Å². The third-order valence-electron chi connectivity index (χ3n) is 4.76. The van der Waals surface area contributed by atoms with Crippen LogP contribution < -0.4 is 5.43 Å². The molecular weight excluding hydrogens is 400 g/mol. The number of rotatable bonds is 4. The van der Waals surface area contributed by atoms with Gasteiger partial charge in [0.25, 0.3) is 0 Å². The highest BCUT2D eigenvalue weighted by Gasteiger charge is 2.13. The van der Waals surface area contributed by atoms with Crippen molar-refractivity contribution in [3.8, 4) is 11.3 Å². The van der Waals surface area contributed by atoms with Crippen LogP contribution in [0.3, 0.4) is 0 Å². The summed E-state index contributed by atoms with van der Waals surface area (Å²) in [6, 6.07) is 24.4. The molecule has 0 atom stereocenters. The molecule has 5 aromatic rings. The highest BCUT2D eigenvalue weighted by Crippen LogP contribution is 2.28. The summed E-state index contributed by atoms with van der Waals surface area (Å²) in [6.07, 6.45) is 1.44. The maximum atomic E-state index is 12.4. The number of nitrogens with zero attached hydrogens (tertiary/aromatic N) is 1. The Labute approximate surface area is 176 Å². The van der Waals surface area contributed by atoms with Crippen molar-refractivity contribution in [3.63, 3.8) is 0 Å². The van der Waals surface area contributed by atoms with E-state index in [1.54, 1.807) is 24.3 Å². The van der Waals surface area contributed by atoms with Crippen LogP contribution in [0.15, 0.2) is 92.8 Å². The second kappa shape index (κ2) is 7.54. The molecule has 0 aliphatic carbocycles. The number of carbonyl (C=O) groups is 1. The predicted molar refractivity (Wildman–Crippen MR) is 118 cm³/mol. The highest BCUT2D eigenvalue weighted by molar-refractivity contribution is 6.30. The molecule has 2 heterocycles. The van der Waals surface area contributed by atoms with Crippen LogP contribution in [-0.4, -0.2) is 12.1 Å². The van der Waals surface area contributed by atoms with Crippen molar-refractivity contribution in [2.24, 2.45) is 5.10 Å². The summed E-state index contributed by atoms with van der Waals surface area (Å²) in [6.45, 7) is 0. The molecule has 0 aliphatic heterocycles. The molecule has 146 valence electrons. The number of fused-ring (bicyclic) bond motifs is 3. The molecule has 0 saturated heterocycles. The van der Waals surface area contributed by atoms with Crippen LogP contribution >= 0.6 is 11.6 Å². The van der Waals surface area contributed by atoms with Gasteiger partial charge in [-0.1, -0.05) is 41.9 Å². The van der Waals surface area contributed by atoms with Crippen molar-refractivity contribution in [3.05, 3.63) is 95.4 Å². The van der Waals surface area contributed by atoms with Crippen LogP contribution in [0.4, 0.5) is 0 Å². The molecule has 1 N–H and O–H groups in total. The Hall–Kier alpha value is -3.83. The molecule has 0 unspecified atom stereocenters. The molecule has 0 aliphatic rings. The zero-order valence-electron chi connectivity index (χ0n) is 15.6. The number of nitrogens with one attached hydrogen (secondary N) is 1. The van der Waals surface area contributed by atoms with E-state index in [4.69, 9.17) is 20.4 Å². The standard InChI is InChI=1S/C24H15ClN2O3/c25-17-8-5-16(6-9-17)21-12-10-18(29-21)14-26-27-24(28)23-13-20-19-4-2-1-3-15(19)7-11-22(20)30-23/h1-14H,(H,27,28). The Bertz CT molecular complexity index is 1400. The molecule has 5 rings (SSSR count). The van der Waals surface area contributed by atoms with Crippen molar-refractivity contribution < 1.29 is 13.6 Å². The summed E-state index contributed by atoms with van der Waals surface area (Å²) in [5, 5.41) is 7.64. The Balaban J connectivity index is 1.32. The average molecular weight is 415 g/mol. The van der Waals surface area contributed by atoms with E-state index in [-0.39, 0.29) is 5.76 Å². The second-order valence-electron chi connectivity index (χ2n) is 6.72. The minimum absolute atomic E-state index is 0.194. The van der Waals surface area contributed by atoms with Crippen LogP contribution in [0.25, 0.3) is 33.1 Å². The first-order chi connectivity index (χ1) is 14.7. The summed E-state index contributed by atoms with van der Waals surface area (Å²) in [5.41, 5.74) is 4.03. The predicted octanol–water partition coefficient (Wildman–Crippen LogP) is 6.26. The van der Waals surface area contributed by atoms with E-state index in [1.165, 1.54) is 6.21 Å². The molecule has 5 nitrogen and oxygen atoms in total. The number of furan rings is 2. The van der Waals surface area contributed by atoms with Gasteiger partial charge in [0, 0.05) is 16.0 Å². The Morgan fingerprint density at radius 1 is 0.900 bits per heavy atom. The smallest absolute Gasteiger partial charge is 0.307 e. The molecule has 3 aromatic carbocycles. The van der Waals surface area contributed by atoms with Gasteiger partial charge in [0.2, 0.25) is 0 Å². The molecule has 0 radical (unpaired) electrons. The van der Waals surface area contributed by atoms with E-state index >= 15 is 0 Å². The first-order valence-electron chi connectivity index (χ1n) is 9.28. The first-order valence-corrected chi connectivity index (χ1v) is 9.66. The van der Waals surface area contributed by atoms with Crippen molar-refractivity contribution in [1.82, 2.24) is 5.43 Å². The van der Waals surface area contributed by atoms with Gasteiger partial charge in [-0.3, -0.25) is 4.79 Å². The zero-order chi connectivity index (χ0) is 20.5. The topological polar surface area (TPSA) is 67.7 Å². The summed E-state index contributed by atoms with van der Waals surface area (Å²) in [7, 11) is 0. The van der Waals surface area contributed by atoms with Gasteiger partial charge in [0.15, 0.2) is 5.76 Å². The van der Waals surface area contributed by atoms with Gasteiger partial charge in [-0.2, -0.15) is 5.10 Å². The molecule has 0 bridgehead atoms. The monoisotopic (exact) mass is 414 g/mol. The van der Waals surface area contributed by atoms with Crippen LogP contribution in [0.2, 0.25) is 5.02 Å². The summed E-state index contributed by atoms with van der Waals surface area (Å²) < 4.78 is 11.4. The van der Waals surface area contributed by atoms with Crippen LogP contribution in [-0.2, 0) is 0 Å². The van der Waals surface area contributed by atoms with Gasteiger partial charge in [-0.05, 0) is 59.3 Å². The van der Waals surface area contributed by atoms with Gasteiger partial charge in [-0.25, -0.2) is 5.43 Å². The lowest BCUT2D eigenvalue weighted by atomic mass is 10.1. The lowest BCUT2D eigenvalue weighted by Gasteiger charge is -1.96. The largest absolute Gasteiger partial charge is 0.455 e. The summed E-state index contributed by atoms with van der Waals surface area (Å²) in [4.78, 5) is 12.4. The normalized spacial score (nSPS) is 11.5. The van der Waals surface area contributed by atoms with E-state index in [1.807, 2.05) is 54.6 Å². The molecular formula is C24H15ClN2O3. The highest BCUT2D eigenvalue weighted by atomic mass is 35.5. The van der Waals surface area contributed by atoms with Gasteiger partial charge >= 0.3 is 5.91 Å². The SMILES string of the molecule is O=C(NN=Cc1ccc(-c2ccc(Cl)cc2)o1)c1cc2c(ccc3ccccc32)o1. The zero-order valence-corrected chi connectivity index (χ0v) is 16.4. The quantitative estimate of drug-likeness (QED) is 0.278. The molecule has 0 fully saturated rings. The number of halogens is 1. The van der Waals surface area contributed by atoms with E-state index in [2.05, 4.69) is 10.5 Å². The van der Waals surface area contributed by atoms with E-state index < -0.39 is 5.91 Å². The van der Waals surface area contributed by atoms with Gasteiger partial charge in [-0.15, -0.1) is 0 Å². The van der Waals surface area contributed by atoms with Gasteiger partial charge < -0.3 is 8.83 Å². The summed E-state index contributed by atoms with van der Waals surface area (Å²) >= 11 is 5.91. The molecule has 6 heteroatoms. The average Bonchev–Trinajstić information content (AvgIpc) is 3.41. The lowest BCUT2D eigenvalue weighted by molar-refractivity contribution is 0.0929. The van der Waals surface area contributed by atoms with Gasteiger partial charge in [0.1, 0.15) is 17.1 Å². The minimum atomic E-state index is -0.434. The Kier molecular flexibility index (Phi) is 4.58. The van der Waals surface area contributed by atoms with Crippen LogP contribution in [0.1, 0.15) is 16.3 Å². The second-order valence-corrected chi connectivity index (χ2v) is 7.15. The van der Waals surface area contributed by atoms with Crippen molar-refractivity contribution >= 4 is 45.5 Å². The minimum Gasteiger partial charge on any atom is -0.455 e. The number of carbonyl (C=O) groups excluding carboxylic acids is 1. The molecule has 2 aromatic heterocycles. The van der Waals surface area contributed by atoms with Gasteiger partial charge in [0.05, 0.1) is 6.21 Å².